The number of hydrogen-bond donors (Lipinski definition) is 2. The van der Waals surface area contributed by atoms with Crippen molar-refractivity contribution >= 4 is 54.5 Å². The van der Waals surface area contributed by atoms with Gasteiger partial charge in [-0.3, -0.25) is 19.3 Å². The van der Waals surface area contributed by atoms with Gasteiger partial charge in [-0.25, -0.2) is 23.2 Å². The molecule has 2 aromatic carbocycles. The minimum atomic E-state index is -1.90. The normalized spacial score (nSPS) is 24.1. The van der Waals surface area contributed by atoms with Gasteiger partial charge in [0.05, 0.1) is 44.0 Å². The highest BCUT2D eigenvalue weighted by atomic mass is 35.5. The molecular weight excluding hydrogens is 951 g/mol. The molecule has 18 nitrogen and oxygen atoms in total. The summed E-state index contributed by atoms with van der Waals surface area (Å²) < 4.78 is 72.3. The molecule has 2 unspecified atom stereocenters. The van der Waals surface area contributed by atoms with E-state index in [0.717, 1.165) is 18.6 Å². The fourth-order valence-electron chi connectivity index (χ4n) is 10.9. The van der Waals surface area contributed by atoms with Crippen molar-refractivity contribution in [3.8, 4) is 17.2 Å². The average molecular weight is 1020 g/mol. The Morgan fingerprint density at radius 2 is 1.48 bits per heavy atom. The minimum absolute atomic E-state index is 0.0560. The Morgan fingerprint density at radius 3 is 2.07 bits per heavy atom. The summed E-state index contributed by atoms with van der Waals surface area (Å²) in [5.41, 5.74) is -3.12. The van der Waals surface area contributed by atoms with Crippen molar-refractivity contribution in [2.45, 2.75) is 135 Å². The van der Waals surface area contributed by atoms with Gasteiger partial charge in [-0.15, -0.1) is 0 Å². The van der Waals surface area contributed by atoms with E-state index >= 15 is 13.6 Å². The maximum atomic E-state index is 15.9. The largest absolute Gasteiger partial charge is 0.495 e. The van der Waals surface area contributed by atoms with Gasteiger partial charge in [0.25, 0.3) is 0 Å². The molecule has 388 valence electrons. The highest BCUT2D eigenvalue weighted by Crippen LogP contribution is 2.66. The molecule has 6 fully saturated rings. The SMILES string of the molecule is COc1c(F)cc(C(NC(=O)N2CCN(C3CCN(C(=O)OC(C)(C)C)CC3)C(=O)C2=O)C(=O)NC(Cc2ccc(F)c(C(=O)OC(C)(C)C)c2OC)B2O[C@@H]3C[C@@H]4C[C@@H](C4(C)C)[C@]3(C)O2)c(Cl)c1OC. The first-order chi connectivity index (χ1) is 33.1. The Kier molecular flexibility index (Phi) is 15.0. The van der Waals surface area contributed by atoms with Gasteiger partial charge in [0.1, 0.15) is 34.4 Å². The number of piperazine rings is 1. The maximum Gasteiger partial charge on any atom is 0.482 e. The number of carbonyl (C=O) groups excluding carboxylic acids is 6. The molecule has 3 saturated carbocycles. The molecule has 2 aromatic rings. The average Bonchev–Trinajstić information content (AvgIpc) is 3.65. The Balaban J connectivity index is 1.20. The molecule has 22 heteroatoms. The molecule has 0 spiro atoms. The van der Waals surface area contributed by atoms with E-state index in [2.05, 4.69) is 24.5 Å². The van der Waals surface area contributed by atoms with Gasteiger partial charge >= 0.3 is 37.0 Å². The Hall–Kier alpha value is -5.41. The van der Waals surface area contributed by atoms with Crippen molar-refractivity contribution in [2.75, 3.05) is 47.5 Å². The first-order valence-electron chi connectivity index (χ1n) is 23.9. The maximum absolute atomic E-state index is 15.9. The van der Waals surface area contributed by atoms with E-state index in [1.54, 1.807) is 41.5 Å². The number of nitrogens with zero attached hydrogens (tertiary/aromatic N) is 3. The van der Waals surface area contributed by atoms with Crippen molar-refractivity contribution in [2.24, 2.45) is 17.3 Å². The highest BCUT2D eigenvalue weighted by molar-refractivity contribution is 6.48. The lowest BCUT2D eigenvalue weighted by atomic mass is 9.43. The molecule has 2 bridgehead atoms. The minimum Gasteiger partial charge on any atom is -0.495 e. The second-order valence-corrected chi connectivity index (χ2v) is 22.0. The summed E-state index contributed by atoms with van der Waals surface area (Å²) >= 11 is 6.86. The molecule has 0 radical (unpaired) electrons. The van der Waals surface area contributed by atoms with Crippen LogP contribution in [0, 0.1) is 28.9 Å². The topological polar surface area (TPSA) is 201 Å². The number of benzene rings is 2. The number of urea groups is 1. The van der Waals surface area contributed by atoms with E-state index in [0.29, 0.717) is 30.1 Å². The van der Waals surface area contributed by atoms with Gasteiger partial charge in [0, 0.05) is 37.8 Å². The number of carbonyl (C=O) groups is 6. The van der Waals surface area contributed by atoms with Crippen LogP contribution in [0.5, 0.6) is 17.2 Å². The van der Waals surface area contributed by atoms with E-state index < -0.39 is 101 Å². The van der Waals surface area contributed by atoms with Crippen LogP contribution in [0.2, 0.25) is 5.02 Å². The first kappa shape index (κ1) is 53.4. The summed E-state index contributed by atoms with van der Waals surface area (Å²) in [6.45, 7) is 16.7. The highest BCUT2D eigenvalue weighted by Gasteiger charge is 2.68. The molecule has 3 saturated heterocycles. The fourth-order valence-corrected chi connectivity index (χ4v) is 11.2. The van der Waals surface area contributed by atoms with Crippen molar-refractivity contribution in [1.29, 1.82) is 0 Å². The molecule has 6 atom stereocenters. The van der Waals surface area contributed by atoms with Crippen LogP contribution < -0.4 is 24.8 Å². The zero-order valence-electron chi connectivity index (χ0n) is 42.4. The van der Waals surface area contributed by atoms with Crippen LogP contribution >= 0.6 is 11.6 Å². The van der Waals surface area contributed by atoms with E-state index in [9.17, 15) is 24.0 Å². The third kappa shape index (κ3) is 10.5. The lowest BCUT2D eigenvalue weighted by Gasteiger charge is -2.64. The molecule has 3 aliphatic carbocycles. The lowest BCUT2D eigenvalue weighted by Crippen LogP contribution is -2.65. The molecule has 3 heterocycles. The number of piperidine rings is 1. The number of hydrogen-bond acceptors (Lipinski definition) is 13. The number of methoxy groups -OCH3 is 3. The van der Waals surface area contributed by atoms with Crippen molar-refractivity contribution in [1.82, 2.24) is 25.3 Å². The van der Waals surface area contributed by atoms with Crippen LogP contribution in [-0.4, -0.2) is 140 Å². The quantitative estimate of drug-likeness (QED) is 0.134. The zero-order chi connectivity index (χ0) is 52.3. The summed E-state index contributed by atoms with van der Waals surface area (Å²) in [5.74, 6) is -7.70. The molecular formula is C49H65BClF2N5O13. The van der Waals surface area contributed by atoms with E-state index in [4.69, 9.17) is 44.6 Å². The van der Waals surface area contributed by atoms with Crippen LogP contribution in [0.25, 0.3) is 0 Å². The van der Waals surface area contributed by atoms with Gasteiger partial charge in [-0.1, -0.05) is 31.5 Å². The standard InChI is InChI=1S/C49H65BClF2N5O13/c1-46(2,3)68-43(62)34-29(52)14-13-25(37(34)65-10)21-33(50-70-32-23-26-22-31(48(26,7)8)49(32,9)71-50)54-40(59)36(28-24-30(53)38(66-11)39(67-12)35(28)51)55-44(63)58-20-19-57(41(60)42(58)61)27-15-17-56(18-16-27)45(64)69-47(4,5)6/h13-14,24,26-27,31-33,36H,15-23H2,1-12H3,(H,54,59)(H,55,63)/t26-,31-,32+,33?,36?,49-/m0/s1. The van der Waals surface area contributed by atoms with Crippen LogP contribution in [0.3, 0.4) is 0 Å². The van der Waals surface area contributed by atoms with Crippen LogP contribution in [0.4, 0.5) is 18.4 Å². The predicted octanol–water partition coefficient (Wildman–Crippen LogP) is 6.42. The fraction of sp³-hybridized carbons (Fsp3) is 0.633. The number of likely N-dealkylation sites (tertiary alicyclic amines) is 1. The molecule has 8 rings (SSSR count). The van der Waals surface area contributed by atoms with E-state index in [1.165, 1.54) is 37.2 Å². The zero-order valence-corrected chi connectivity index (χ0v) is 43.2. The van der Waals surface area contributed by atoms with Gasteiger partial charge in [-0.2, -0.15) is 0 Å². The third-order valence-electron chi connectivity index (χ3n) is 14.5. The van der Waals surface area contributed by atoms with E-state index in [-0.39, 0.29) is 77.7 Å². The number of nitrogens with one attached hydrogen (secondary N) is 2. The number of esters is 1. The number of imide groups is 1. The predicted molar refractivity (Wildman–Crippen MR) is 254 cm³/mol. The van der Waals surface area contributed by atoms with Gasteiger partial charge < -0.3 is 53.4 Å². The molecule has 2 N–H and O–H groups in total. The molecule has 0 aromatic heterocycles. The lowest BCUT2D eigenvalue weighted by molar-refractivity contribution is -0.199. The van der Waals surface area contributed by atoms with Crippen molar-refractivity contribution in [3.63, 3.8) is 0 Å². The van der Waals surface area contributed by atoms with Gasteiger partial charge in [-0.05, 0) is 116 Å². The summed E-state index contributed by atoms with van der Waals surface area (Å²) in [6.07, 6.45) is 1.20. The van der Waals surface area contributed by atoms with Gasteiger partial charge in [0.15, 0.2) is 17.3 Å². The summed E-state index contributed by atoms with van der Waals surface area (Å²) in [4.78, 5) is 86.8. The summed E-state index contributed by atoms with van der Waals surface area (Å²) in [7, 11) is 2.46. The van der Waals surface area contributed by atoms with Crippen LogP contribution in [0.15, 0.2) is 18.2 Å². The number of ether oxygens (including phenoxy) is 5. The smallest absolute Gasteiger partial charge is 0.482 e. The molecule has 71 heavy (non-hydrogen) atoms. The molecule has 3 aliphatic heterocycles. The van der Waals surface area contributed by atoms with Crippen LogP contribution in [-0.2, 0) is 39.6 Å². The first-order valence-corrected chi connectivity index (χ1v) is 24.2. The monoisotopic (exact) mass is 1020 g/mol. The third-order valence-corrected chi connectivity index (χ3v) is 14.9. The van der Waals surface area contributed by atoms with Crippen molar-refractivity contribution < 1.29 is 70.5 Å². The number of rotatable bonds is 12. The van der Waals surface area contributed by atoms with E-state index in [1.807, 2.05) is 6.92 Å². The molecule has 6 aliphatic rings. The summed E-state index contributed by atoms with van der Waals surface area (Å²) in [6, 6.07) is -0.156. The summed E-state index contributed by atoms with van der Waals surface area (Å²) in [5, 5.41) is 5.10. The Morgan fingerprint density at radius 1 is 0.845 bits per heavy atom. The number of halogens is 3. The number of amides is 6. The van der Waals surface area contributed by atoms with Crippen molar-refractivity contribution in [3.05, 3.63) is 51.5 Å². The second kappa shape index (κ2) is 19.9. The molecule has 6 amide bonds. The Bertz CT molecular complexity index is 2460. The van der Waals surface area contributed by atoms with Crippen LogP contribution in [0.1, 0.15) is 116 Å². The Labute approximate surface area is 418 Å². The second-order valence-electron chi connectivity index (χ2n) is 21.6. The van der Waals surface area contributed by atoms with Gasteiger partial charge in [0.2, 0.25) is 5.91 Å².